The van der Waals surface area contributed by atoms with E-state index < -0.39 is 0 Å². The first kappa shape index (κ1) is 18.1. The van der Waals surface area contributed by atoms with Crippen molar-refractivity contribution in [3.05, 3.63) is 77.9 Å². The Morgan fingerprint density at radius 1 is 0.966 bits per heavy atom. The molecule has 0 unspecified atom stereocenters. The summed E-state index contributed by atoms with van der Waals surface area (Å²) in [5.41, 5.74) is 2.17. The SMILES string of the molecule is C[C@H](Sc1nnc(C2CC2)n1Cc1ccccc1)c1nnc(-c2ccccc2)o1. The van der Waals surface area contributed by atoms with E-state index in [1.807, 2.05) is 36.4 Å². The van der Waals surface area contributed by atoms with E-state index in [1.54, 1.807) is 11.8 Å². The maximum absolute atomic E-state index is 5.93. The molecule has 1 aliphatic rings. The topological polar surface area (TPSA) is 69.6 Å². The fourth-order valence-electron chi connectivity index (χ4n) is 3.25. The summed E-state index contributed by atoms with van der Waals surface area (Å²) < 4.78 is 8.17. The minimum Gasteiger partial charge on any atom is -0.419 e. The van der Waals surface area contributed by atoms with E-state index in [0.29, 0.717) is 17.7 Å². The molecular formula is C22H21N5OS. The molecule has 29 heavy (non-hydrogen) atoms. The Labute approximate surface area is 173 Å². The van der Waals surface area contributed by atoms with Gasteiger partial charge in [0.25, 0.3) is 0 Å². The Morgan fingerprint density at radius 3 is 2.41 bits per heavy atom. The Balaban J connectivity index is 1.38. The molecule has 0 bridgehead atoms. The van der Waals surface area contributed by atoms with Crippen molar-refractivity contribution in [1.29, 1.82) is 0 Å². The first-order chi connectivity index (χ1) is 14.3. The second-order valence-electron chi connectivity index (χ2n) is 7.26. The van der Waals surface area contributed by atoms with E-state index in [0.717, 1.165) is 23.1 Å². The summed E-state index contributed by atoms with van der Waals surface area (Å²) in [4.78, 5) is 0. The molecule has 2 heterocycles. The molecular weight excluding hydrogens is 382 g/mol. The lowest BCUT2D eigenvalue weighted by Gasteiger charge is -2.11. The van der Waals surface area contributed by atoms with Crippen LogP contribution < -0.4 is 0 Å². The Bertz CT molecular complexity index is 1090. The van der Waals surface area contributed by atoms with Gasteiger partial charge in [-0.25, -0.2) is 0 Å². The second-order valence-corrected chi connectivity index (χ2v) is 8.57. The number of rotatable bonds is 7. The van der Waals surface area contributed by atoms with E-state index in [4.69, 9.17) is 4.42 Å². The number of nitrogens with zero attached hydrogens (tertiary/aromatic N) is 5. The van der Waals surface area contributed by atoms with Crippen LogP contribution >= 0.6 is 11.8 Å². The van der Waals surface area contributed by atoms with Gasteiger partial charge in [-0.3, -0.25) is 0 Å². The van der Waals surface area contributed by atoms with Crippen molar-refractivity contribution in [2.45, 2.75) is 42.6 Å². The quantitative estimate of drug-likeness (QED) is 0.400. The molecule has 0 saturated heterocycles. The highest BCUT2D eigenvalue weighted by atomic mass is 32.2. The van der Waals surface area contributed by atoms with Gasteiger partial charge < -0.3 is 8.98 Å². The van der Waals surface area contributed by atoms with Gasteiger partial charge in [0.1, 0.15) is 5.82 Å². The van der Waals surface area contributed by atoms with Crippen molar-refractivity contribution in [3.63, 3.8) is 0 Å². The summed E-state index contributed by atoms with van der Waals surface area (Å²) >= 11 is 1.61. The van der Waals surface area contributed by atoms with Crippen LogP contribution in [0, 0.1) is 0 Å². The lowest BCUT2D eigenvalue weighted by Crippen LogP contribution is -2.06. The zero-order valence-electron chi connectivity index (χ0n) is 16.1. The molecule has 1 saturated carbocycles. The lowest BCUT2D eigenvalue weighted by molar-refractivity contribution is 0.508. The fraction of sp³-hybridized carbons (Fsp3) is 0.273. The largest absolute Gasteiger partial charge is 0.419 e. The fourth-order valence-corrected chi connectivity index (χ4v) is 4.14. The van der Waals surface area contributed by atoms with Gasteiger partial charge in [0, 0.05) is 11.5 Å². The molecule has 2 aromatic carbocycles. The molecule has 2 aromatic heterocycles. The van der Waals surface area contributed by atoms with Crippen LogP contribution in [-0.2, 0) is 6.54 Å². The minimum absolute atomic E-state index is 0.0225. The van der Waals surface area contributed by atoms with Gasteiger partial charge >= 0.3 is 0 Å². The van der Waals surface area contributed by atoms with Crippen molar-refractivity contribution in [2.75, 3.05) is 0 Å². The van der Waals surface area contributed by atoms with Gasteiger partial charge in [0.2, 0.25) is 11.8 Å². The molecule has 6 nitrogen and oxygen atoms in total. The minimum atomic E-state index is -0.0225. The lowest BCUT2D eigenvalue weighted by atomic mass is 10.2. The summed E-state index contributed by atoms with van der Waals surface area (Å²) in [6.45, 7) is 2.83. The first-order valence-electron chi connectivity index (χ1n) is 9.80. The van der Waals surface area contributed by atoms with Crippen molar-refractivity contribution in [1.82, 2.24) is 25.0 Å². The van der Waals surface area contributed by atoms with Crippen LogP contribution in [0.2, 0.25) is 0 Å². The summed E-state index contributed by atoms with van der Waals surface area (Å²) in [7, 11) is 0. The average molecular weight is 404 g/mol. The van der Waals surface area contributed by atoms with Crippen molar-refractivity contribution >= 4 is 11.8 Å². The molecule has 0 aliphatic heterocycles. The van der Waals surface area contributed by atoms with Crippen LogP contribution in [0.1, 0.15) is 48.2 Å². The number of benzene rings is 2. The van der Waals surface area contributed by atoms with Crippen LogP contribution in [0.5, 0.6) is 0 Å². The monoisotopic (exact) mass is 403 g/mol. The third-order valence-electron chi connectivity index (χ3n) is 4.96. The molecule has 0 radical (unpaired) electrons. The Kier molecular flexibility index (Phi) is 4.89. The summed E-state index contributed by atoms with van der Waals surface area (Å²) in [5.74, 6) is 2.75. The van der Waals surface area contributed by atoms with Gasteiger partial charge in [0.05, 0.1) is 11.8 Å². The molecule has 0 amide bonds. The van der Waals surface area contributed by atoms with Gasteiger partial charge in [-0.1, -0.05) is 60.3 Å². The Morgan fingerprint density at radius 2 is 1.69 bits per heavy atom. The number of hydrogen-bond donors (Lipinski definition) is 0. The normalized spacial score (nSPS) is 14.8. The van der Waals surface area contributed by atoms with E-state index in [1.165, 1.54) is 18.4 Å². The number of hydrogen-bond acceptors (Lipinski definition) is 6. The highest BCUT2D eigenvalue weighted by molar-refractivity contribution is 7.99. The van der Waals surface area contributed by atoms with Gasteiger partial charge in [-0.15, -0.1) is 20.4 Å². The maximum Gasteiger partial charge on any atom is 0.247 e. The molecule has 1 aliphatic carbocycles. The van der Waals surface area contributed by atoms with Crippen LogP contribution in [0.25, 0.3) is 11.5 Å². The van der Waals surface area contributed by atoms with E-state index in [9.17, 15) is 0 Å². The van der Waals surface area contributed by atoms with Gasteiger partial charge in [-0.05, 0) is 37.5 Å². The summed E-state index contributed by atoms with van der Waals surface area (Å²) in [5, 5.41) is 18.3. The van der Waals surface area contributed by atoms with E-state index in [2.05, 4.69) is 56.2 Å². The van der Waals surface area contributed by atoms with Crippen molar-refractivity contribution in [3.8, 4) is 11.5 Å². The first-order valence-corrected chi connectivity index (χ1v) is 10.7. The summed E-state index contributed by atoms with van der Waals surface area (Å²) in [6, 6.07) is 20.3. The predicted octanol–water partition coefficient (Wildman–Crippen LogP) is 5.11. The van der Waals surface area contributed by atoms with Crippen LogP contribution in [0.15, 0.2) is 70.2 Å². The highest BCUT2D eigenvalue weighted by Crippen LogP contribution is 2.42. The zero-order valence-corrected chi connectivity index (χ0v) is 16.9. The van der Waals surface area contributed by atoms with Gasteiger partial charge in [0.15, 0.2) is 5.16 Å². The zero-order chi connectivity index (χ0) is 19.6. The Hall–Kier alpha value is -2.93. The predicted molar refractivity (Wildman–Crippen MR) is 112 cm³/mol. The van der Waals surface area contributed by atoms with Gasteiger partial charge in [-0.2, -0.15) is 0 Å². The maximum atomic E-state index is 5.93. The molecule has 1 atom stereocenters. The highest BCUT2D eigenvalue weighted by Gasteiger charge is 2.31. The molecule has 0 spiro atoms. The smallest absolute Gasteiger partial charge is 0.247 e. The summed E-state index contributed by atoms with van der Waals surface area (Å²) in [6.07, 6.45) is 2.38. The third-order valence-corrected chi connectivity index (χ3v) is 6.03. The van der Waals surface area contributed by atoms with Crippen LogP contribution in [0.3, 0.4) is 0 Å². The molecule has 0 N–H and O–H groups in total. The molecule has 146 valence electrons. The second kappa shape index (κ2) is 7.83. The molecule has 7 heteroatoms. The van der Waals surface area contributed by atoms with Crippen LogP contribution in [-0.4, -0.2) is 25.0 Å². The van der Waals surface area contributed by atoms with Crippen LogP contribution in [0.4, 0.5) is 0 Å². The van der Waals surface area contributed by atoms with Crippen molar-refractivity contribution < 1.29 is 4.42 Å². The molecule has 1 fully saturated rings. The number of aromatic nitrogens is 5. The van der Waals surface area contributed by atoms with E-state index >= 15 is 0 Å². The standard InChI is InChI=1S/C22H21N5OS/c1-15(20-24-25-21(28-20)18-10-6-3-7-11-18)29-22-26-23-19(17-12-13-17)27(22)14-16-8-4-2-5-9-16/h2-11,15,17H,12-14H2,1H3/t15-/m0/s1. The molecule has 5 rings (SSSR count). The number of thioether (sulfide) groups is 1. The van der Waals surface area contributed by atoms with Crippen molar-refractivity contribution in [2.24, 2.45) is 0 Å². The average Bonchev–Trinajstić information content (AvgIpc) is 3.35. The van der Waals surface area contributed by atoms with E-state index in [-0.39, 0.29) is 5.25 Å². The third kappa shape index (κ3) is 3.96. The molecule has 4 aromatic rings.